The van der Waals surface area contributed by atoms with Gasteiger partial charge in [0.25, 0.3) is 11.4 Å². The molecule has 0 saturated heterocycles. The lowest BCUT2D eigenvalue weighted by Crippen LogP contribution is -1.98. The Morgan fingerprint density at radius 1 is 1.00 bits per heavy atom. The molecule has 3 rings (SSSR count). The normalized spacial score (nSPS) is 10.9. The van der Waals surface area contributed by atoms with Crippen LogP contribution in [0.1, 0.15) is 16.7 Å². The molecule has 0 aliphatic rings. The van der Waals surface area contributed by atoms with Crippen molar-refractivity contribution >= 4 is 45.6 Å². The standard InChI is InChI=1S/C22H14IN3O5/c23-21-11-16(10-18(13-24)17-2-1-3-20(12-17)26(29)30)6-9-22(21)31-14-15-4-7-19(8-5-15)25(27)28/h1-12H,14H2/b18-10-. The van der Waals surface area contributed by atoms with Crippen molar-refractivity contribution in [2.75, 3.05) is 0 Å². The van der Waals surface area contributed by atoms with Crippen LogP contribution in [0.2, 0.25) is 0 Å². The zero-order valence-electron chi connectivity index (χ0n) is 15.9. The molecule has 0 saturated carbocycles. The summed E-state index contributed by atoms with van der Waals surface area (Å²) in [5, 5.41) is 31.2. The van der Waals surface area contributed by atoms with Crippen molar-refractivity contribution in [3.8, 4) is 11.8 Å². The largest absolute Gasteiger partial charge is 0.488 e. The zero-order chi connectivity index (χ0) is 22.4. The molecule has 154 valence electrons. The van der Waals surface area contributed by atoms with Gasteiger partial charge in [-0.05, 0) is 69.6 Å². The highest BCUT2D eigenvalue weighted by Crippen LogP contribution is 2.27. The molecule has 31 heavy (non-hydrogen) atoms. The monoisotopic (exact) mass is 527 g/mol. The molecule has 0 heterocycles. The van der Waals surface area contributed by atoms with Crippen LogP contribution >= 0.6 is 22.6 Å². The first-order valence-electron chi connectivity index (χ1n) is 8.89. The molecule has 0 unspecified atom stereocenters. The van der Waals surface area contributed by atoms with Crippen molar-refractivity contribution in [3.63, 3.8) is 0 Å². The molecule has 3 aromatic rings. The third-order valence-electron chi connectivity index (χ3n) is 4.30. The quantitative estimate of drug-likeness (QED) is 0.127. The van der Waals surface area contributed by atoms with Crippen LogP contribution in [-0.4, -0.2) is 9.85 Å². The molecular formula is C22H14IN3O5. The second kappa shape index (κ2) is 9.82. The number of hydrogen-bond acceptors (Lipinski definition) is 6. The summed E-state index contributed by atoms with van der Waals surface area (Å²) in [6.45, 7) is 0.250. The van der Waals surface area contributed by atoms with Crippen molar-refractivity contribution < 1.29 is 14.6 Å². The second-order valence-corrected chi connectivity index (χ2v) is 7.54. The minimum absolute atomic E-state index is 0.0199. The first kappa shape index (κ1) is 21.9. The Kier molecular flexibility index (Phi) is 6.94. The van der Waals surface area contributed by atoms with E-state index in [-0.39, 0.29) is 18.0 Å². The van der Waals surface area contributed by atoms with Gasteiger partial charge >= 0.3 is 0 Å². The molecule has 0 aromatic heterocycles. The van der Waals surface area contributed by atoms with Crippen molar-refractivity contribution in [2.24, 2.45) is 0 Å². The Labute approximate surface area is 190 Å². The lowest BCUT2D eigenvalue weighted by Gasteiger charge is -2.09. The summed E-state index contributed by atoms with van der Waals surface area (Å²) in [5.41, 5.74) is 2.25. The predicted molar refractivity (Wildman–Crippen MR) is 123 cm³/mol. The van der Waals surface area contributed by atoms with Crippen LogP contribution in [0.5, 0.6) is 5.75 Å². The number of allylic oxidation sites excluding steroid dienone is 1. The third kappa shape index (κ3) is 5.64. The summed E-state index contributed by atoms with van der Waals surface area (Å²) >= 11 is 2.11. The summed E-state index contributed by atoms with van der Waals surface area (Å²) < 4.78 is 6.61. The Morgan fingerprint density at radius 2 is 1.71 bits per heavy atom. The summed E-state index contributed by atoms with van der Waals surface area (Å²) in [4.78, 5) is 20.7. The van der Waals surface area contributed by atoms with Crippen LogP contribution in [-0.2, 0) is 6.61 Å². The molecule has 0 N–H and O–H groups in total. The summed E-state index contributed by atoms with van der Waals surface area (Å²) in [6.07, 6.45) is 1.65. The molecule has 0 amide bonds. The van der Waals surface area contributed by atoms with Gasteiger partial charge in [-0.25, -0.2) is 0 Å². The maximum atomic E-state index is 11.0. The van der Waals surface area contributed by atoms with E-state index in [1.165, 1.54) is 30.3 Å². The molecule has 0 aliphatic heterocycles. The average Bonchev–Trinajstić information content (AvgIpc) is 2.77. The van der Waals surface area contributed by atoms with Gasteiger partial charge in [-0.15, -0.1) is 0 Å². The third-order valence-corrected chi connectivity index (χ3v) is 5.14. The van der Waals surface area contributed by atoms with Crippen molar-refractivity contribution in [1.82, 2.24) is 0 Å². The van der Waals surface area contributed by atoms with Crippen LogP contribution in [0.4, 0.5) is 11.4 Å². The number of nitriles is 1. The van der Waals surface area contributed by atoms with Crippen LogP contribution < -0.4 is 4.74 Å². The Bertz CT molecular complexity index is 1220. The molecule has 0 bridgehead atoms. The van der Waals surface area contributed by atoms with Crippen LogP contribution in [0, 0.1) is 35.1 Å². The molecular weight excluding hydrogens is 513 g/mol. The van der Waals surface area contributed by atoms with E-state index in [0.29, 0.717) is 16.9 Å². The Hall–Kier alpha value is -3.78. The SMILES string of the molecule is N#C/C(=C/c1ccc(OCc2ccc([N+](=O)[O-])cc2)c(I)c1)c1cccc([N+](=O)[O-])c1. The summed E-state index contributed by atoms with van der Waals surface area (Å²) in [7, 11) is 0. The van der Waals surface area contributed by atoms with E-state index in [1.807, 2.05) is 6.07 Å². The maximum Gasteiger partial charge on any atom is 0.270 e. The fraction of sp³-hybridized carbons (Fsp3) is 0.0455. The van der Waals surface area contributed by atoms with Crippen molar-refractivity contribution in [3.05, 3.63) is 107 Å². The van der Waals surface area contributed by atoms with Gasteiger partial charge in [0.05, 0.1) is 25.1 Å². The van der Waals surface area contributed by atoms with Gasteiger partial charge in [0.1, 0.15) is 12.4 Å². The number of halogens is 1. The minimum Gasteiger partial charge on any atom is -0.488 e. The molecule has 0 aliphatic carbocycles. The lowest BCUT2D eigenvalue weighted by atomic mass is 10.0. The highest BCUT2D eigenvalue weighted by Gasteiger charge is 2.10. The minimum atomic E-state index is -0.501. The maximum absolute atomic E-state index is 11.0. The molecule has 0 radical (unpaired) electrons. The van der Waals surface area contributed by atoms with Crippen LogP contribution in [0.3, 0.4) is 0 Å². The zero-order valence-corrected chi connectivity index (χ0v) is 18.1. The fourth-order valence-corrected chi connectivity index (χ4v) is 3.43. The first-order valence-corrected chi connectivity index (χ1v) is 9.97. The van der Waals surface area contributed by atoms with Gasteiger partial charge < -0.3 is 4.74 Å². The highest BCUT2D eigenvalue weighted by molar-refractivity contribution is 14.1. The Morgan fingerprint density at radius 3 is 2.32 bits per heavy atom. The lowest BCUT2D eigenvalue weighted by molar-refractivity contribution is -0.385. The molecule has 0 atom stereocenters. The van der Waals surface area contributed by atoms with Gasteiger partial charge in [-0.1, -0.05) is 18.2 Å². The highest BCUT2D eigenvalue weighted by atomic mass is 127. The number of rotatable bonds is 7. The van der Waals surface area contributed by atoms with E-state index in [9.17, 15) is 25.5 Å². The van der Waals surface area contributed by atoms with E-state index in [2.05, 4.69) is 28.7 Å². The number of nitro benzene ring substituents is 2. The van der Waals surface area contributed by atoms with E-state index in [4.69, 9.17) is 4.74 Å². The number of non-ortho nitro benzene ring substituents is 2. The molecule has 8 nitrogen and oxygen atoms in total. The number of nitro groups is 2. The van der Waals surface area contributed by atoms with Crippen molar-refractivity contribution in [1.29, 1.82) is 5.26 Å². The Balaban J connectivity index is 1.76. The average molecular weight is 527 g/mol. The number of ether oxygens (including phenoxy) is 1. The van der Waals surface area contributed by atoms with Gasteiger partial charge in [-0.3, -0.25) is 20.2 Å². The van der Waals surface area contributed by atoms with E-state index < -0.39 is 9.85 Å². The van der Waals surface area contributed by atoms with E-state index in [0.717, 1.165) is 14.7 Å². The van der Waals surface area contributed by atoms with Crippen LogP contribution in [0.15, 0.2) is 66.7 Å². The summed E-state index contributed by atoms with van der Waals surface area (Å²) in [5.74, 6) is 0.630. The van der Waals surface area contributed by atoms with Crippen molar-refractivity contribution in [2.45, 2.75) is 6.61 Å². The molecule has 0 spiro atoms. The topological polar surface area (TPSA) is 119 Å². The van der Waals surface area contributed by atoms with E-state index >= 15 is 0 Å². The van der Waals surface area contributed by atoms with Gasteiger partial charge in [0, 0.05) is 24.3 Å². The fourth-order valence-electron chi connectivity index (χ4n) is 2.73. The summed E-state index contributed by atoms with van der Waals surface area (Å²) in [6, 6.07) is 19.5. The first-order chi connectivity index (χ1) is 14.9. The molecule has 3 aromatic carbocycles. The molecule has 0 fully saturated rings. The van der Waals surface area contributed by atoms with Crippen LogP contribution in [0.25, 0.3) is 11.6 Å². The molecule has 9 heteroatoms. The predicted octanol–water partition coefficient (Wildman–Crippen LogP) is 5.75. The van der Waals surface area contributed by atoms with E-state index in [1.54, 1.807) is 36.4 Å². The van der Waals surface area contributed by atoms with Gasteiger partial charge in [0.2, 0.25) is 0 Å². The smallest absolute Gasteiger partial charge is 0.270 e. The number of benzene rings is 3. The van der Waals surface area contributed by atoms with Gasteiger partial charge in [-0.2, -0.15) is 5.26 Å². The number of nitrogens with zero attached hydrogens (tertiary/aromatic N) is 3. The number of hydrogen-bond donors (Lipinski definition) is 0. The second-order valence-electron chi connectivity index (χ2n) is 6.38. The van der Waals surface area contributed by atoms with Gasteiger partial charge in [0.15, 0.2) is 0 Å².